The zero-order valence-electron chi connectivity index (χ0n) is 28.3. The smallest absolute Gasteiger partial charge is 0.323 e. The van der Waals surface area contributed by atoms with Crippen LogP contribution >= 0.6 is 0 Å². The first-order chi connectivity index (χ1) is 18.7. The van der Waals surface area contributed by atoms with E-state index in [-0.39, 0.29) is 47.3 Å². The summed E-state index contributed by atoms with van der Waals surface area (Å²) in [5.74, 6) is -0.766. The van der Waals surface area contributed by atoms with Gasteiger partial charge in [-0.05, 0) is 94.2 Å². The number of carbonyl (C=O) groups is 2. The number of rotatable bonds is 11. The quantitative estimate of drug-likeness (QED) is 0.215. The normalized spacial score (nSPS) is 18.9. The molecule has 1 N–H and O–H groups in total. The van der Waals surface area contributed by atoms with Crippen molar-refractivity contribution in [1.29, 1.82) is 0 Å². The molecule has 1 heterocycles. The number of hydrogen-bond donors (Lipinski definition) is 1. The third-order valence-corrected chi connectivity index (χ3v) is 8.89. The molecule has 1 unspecified atom stereocenters. The van der Waals surface area contributed by atoms with Crippen LogP contribution in [0.15, 0.2) is 12.1 Å². The van der Waals surface area contributed by atoms with E-state index >= 15 is 0 Å². The minimum absolute atomic E-state index is 0.00729. The molecule has 234 valence electrons. The molecule has 1 saturated heterocycles. The first-order valence-corrected chi connectivity index (χ1v) is 15.7. The van der Waals surface area contributed by atoms with Crippen molar-refractivity contribution in [1.82, 2.24) is 4.90 Å². The number of ether oxygens (including phenoxy) is 2. The second-order valence-corrected chi connectivity index (χ2v) is 15.4. The summed E-state index contributed by atoms with van der Waals surface area (Å²) < 4.78 is 11.6. The molecule has 6 nitrogen and oxygen atoms in total. The van der Waals surface area contributed by atoms with Gasteiger partial charge in [0, 0.05) is 17.6 Å². The lowest BCUT2D eigenvalue weighted by Crippen LogP contribution is -2.59. The Morgan fingerprint density at radius 2 is 1.37 bits per heavy atom. The molecule has 6 heteroatoms. The summed E-state index contributed by atoms with van der Waals surface area (Å²) in [5, 5.41) is 11.3. The lowest BCUT2D eigenvalue weighted by atomic mass is 9.73. The standard InChI is InChI=1S/C35H59NO5/c1-13-15-19-35(29(38)40-14-2,30(39)41-21-20-36-33(9,10)17-16-18-34(36,11)12)24-25-22-26(31(3,4)5)28(37)27(23-25)32(6,7)8/h22-23,37H,13-21,24H2,1-12H3. The number of phenolic OH excluding ortho intramolecular Hbond substituents is 1. The van der Waals surface area contributed by atoms with E-state index in [9.17, 15) is 14.7 Å². The molecular formula is C35H59NO5. The Hall–Kier alpha value is -2.08. The van der Waals surface area contributed by atoms with Crippen molar-refractivity contribution in [2.75, 3.05) is 19.8 Å². The Kier molecular flexibility index (Phi) is 11.2. The molecule has 0 bridgehead atoms. The number of esters is 2. The predicted octanol–water partition coefficient (Wildman–Crippen LogP) is 7.86. The summed E-state index contributed by atoms with van der Waals surface area (Å²) in [6.45, 7) is 26.2. The maximum absolute atomic E-state index is 14.1. The maximum Gasteiger partial charge on any atom is 0.323 e. The number of hydrogen-bond acceptors (Lipinski definition) is 6. The average molecular weight is 574 g/mol. The van der Waals surface area contributed by atoms with Crippen molar-refractivity contribution in [2.24, 2.45) is 5.41 Å². The molecule has 0 amide bonds. The van der Waals surface area contributed by atoms with Gasteiger partial charge in [-0.2, -0.15) is 0 Å². The Balaban J connectivity index is 2.53. The molecule has 1 aliphatic heterocycles. The Morgan fingerprint density at radius 1 is 0.878 bits per heavy atom. The number of benzene rings is 1. The highest BCUT2D eigenvalue weighted by molar-refractivity contribution is 6.00. The number of carbonyl (C=O) groups excluding carboxylic acids is 2. The van der Waals surface area contributed by atoms with Crippen molar-refractivity contribution in [2.45, 2.75) is 150 Å². The van der Waals surface area contributed by atoms with Crippen LogP contribution in [-0.2, 0) is 36.3 Å². The first kappa shape index (κ1) is 35.1. The molecule has 1 atom stereocenters. The van der Waals surface area contributed by atoms with E-state index in [0.29, 0.717) is 19.4 Å². The largest absolute Gasteiger partial charge is 0.507 e. The fraction of sp³-hybridized carbons (Fsp3) is 0.771. The van der Waals surface area contributed by atoms with Gasteiger partial charge in [-0.3, -0.25) is 14.5 Å². The highest BCUT2D eigenvalue weighted by Gasteiger charge is 2.49. The monoisotopic (exact) mass is 573 g/mol. The van der Waals surface area contributed by atoms with Gasteiger partial charge in [-0.15, -0.1) is 0 Å². The molecule has 0 aliphatic carbocycles. The van der Waals surface area contributed by atoms with Crippen molar-refractivity contribution >= 4 is 11.9 Å². The summed E-state index contributed by atoms with van der Waals surface area (Å²) in [7, 11) is 0. The van der Waals surface area contributed by atoms with Gasteiger partial charge in [0.1, 0.15) is 12.4 Å². The lowest BCUT2D eigenvalue weighted by Gasteiger charge is -2.53. The Morgan fingerprint density at radius 3 is 1.80 bits per heavy atom. The minimum Gasteiger partial charge on any atom is -0.507 e. The van der Waals surface area contributed by atoms with Gasteiger partial charge in [0.25, 0.3) is 0 Å². The number of piperidine rings is 1. The van der Waals surface area contributed by atoms with E-state index in [1.165, 1.54) is 6.42 Å². The first-order valence-electron chi connectivity index (χ1n) is 15.7. The summed E-state index contributed by atoms with van der Waals surface area (Å²) in [5.41, 5.74) is 0.334. The zero-order chi connectivity index (χ0) is 31.4. The zero-order valence-corrected chi connectivity index (χ0v) is 28.3. The topological polar surface area (TPSA) is 76.1 Å². The van der Waals surface area contributed by atoms with Gasteiger partial charge >= 0.3 is 11.9 Å². The van der Waals surface area contributed by atoms with Gasteiger partial charge in [-0.25, -0.2) is 0 Å². The lowest BCUT2D eigenvalue weighted by molar-refractivity contribution is -0.174. The second-order valence-electron chi connectivity index (χ2n) is 15.4. The molecule has 1 aromatic carbocycles. The van der Waals surface area contributed by atoms with E-state index in [2.05, 4.69) is 81.1 Å². The van der Waals surface area contributed by atoms with Crippen molar-refractivity contribution < 1.29 is 24.2 Å². The van der Waals surface area contributed by atoms with E-state index in [0.717, 1.165) is 36.0 Å². The molecule has 1 aliphatic rings. The summed E-state index contributed by atoms with van der Waals surface area (Å²) in [4.78, 5) is 30.3. The predicted molar refractivity (Wildman–Crippen MR) is 167 cm³/mol. The molecule has 0 aromatic heterocycles. The second kappa shape index (κ2) is 13.1. The summed E-state index contributed by atoms with van der Waals surface area (Å²) in [6.07, 6.45) is 5.41. The van der Waals surface area contributed by atoms with Gasteiger partial charge in [0.15, 0.2) is 5.41 Å². The summed E-state index contributed by atoms with van der Waals surface area (Å²) in [6, 6.07) is 3.91. The third-order valence-electron chi connectivity index (χ3n) is 8.89. The summed E-state index contributed by atoms with van der Waals surface area (Å²) >= 11 is 0. The van der Waals surface area contributed by atoms with Crippen LogP contribution in [0, 0.1) is 5.41 Å². The molecule has 2 rings (SSSR count). The fourth-order valence-electron chi connectivity index (χ4n) is 6.57. The van der Waals surface area contributed by atoms with Crippen LogP contribution in [-0.4, -0.2) is 52.8 Å². The van der Waals surface area contributed by atoms with Crippen LogP contribution in [0.3, 0.4) is 0 Å². The number of phenols is 1. The van der Waals surface area contributed by atoms with Gasteiger partial charge in [-0.1, -0.05) is 73.4 Å². The van der Waals surface area contributed by atoms with Crippen LogP contribution in [0.5, 0.6) is 5.75 Å². The van der Waals surface area contributed by atoms with E-state index in [1.54, 1.807) is 6.92 Å². The van der Waals surface area contributed by atoms with Crippen LogP contribution < -0.4 is 0 Å². The van der Waals surface area contributed by atoms with Crippen molar-refractivity contribution in [3.05, 3.63) is 28.8 Å². The number of aromatic hydroxyl groups is 1. The third kappa shape index (κ3) is 8.27. The fourth-order valence-corrected chi connectivity index (χ4v) is 6.57. The van der Waals surface area contributed by atoms with Crippen LogP contribution in [0.4, 0.5) is 0 Å². The van der Waals surface area contributed by atoms with Crippen LogP contribution in [0.25, 0.3) is 0 Å². The molecule has 1 fully saturated rings. The van der Waals surface area contributed by atoms with E-state index < -0.39 is 17.4 Å². The SMILES string of the molecule is CCCCC(Cc1cc(C(C)(C)C)c(O)c(C(C)(C)C)c1)(C(=O)OCC)C(=O)OCCN1C(C)(C)CCCC1(C)C. The Bertz CT molecular complexity index is 1010. The molecule has 1 aromatic rings. The van der Waals surface area contributed by atoms with Gasteiger partial charge in [0.05, 0.1) is 6.61 Å². The molecule has 0 spiro atoms. The maximum atomic E-state index is 14.1. The average Bonchev–Trinajstić information content (AvgIpc) is 2.82. The van der Waals surface area contributed by atoms with E-state index in [4.69, 9.17) is 9.47 Å². The number of likely N-dealkylation sites (tertiary alicyclic amines) is 1. The highest BCUT2D eigenvalue weighted by Crippen LogP contribution is 2.43. The minimum atomic E-state index is -1.46. The molecule has 41 heavy (non-hydrogen) atoms. The Labute approximate surface area is 250 Å². The van der Waals surface area contributed by atoms with Crippen molar-refractivity contribution in [3.8, 4) is 5.75 Å². The molecular weight excluding hydrogens is 514 g/mol. The van der Waals surface area contributed by atoms with Crippen LogP contribution in [0.2, 0.25) is 0 Å². The van der Waals surface area contributed by atoms with E-state index in [1.807, 2.05) is 12.1 Å². The molecule has 0 radical (unpaired) electrons. The highest BCUT2D eigenvalue weighted by atomic mass is 16.6. The van der Waals surface area contributed by atoms with Crippen molar-refractivity contribution in [3.63, 3.8) is 0 Å². The van der Waals surface area contributed by atoms with Gasteiger partial charge in [0.2, 0.25) is 0 Å². The van der Waals surface area contributed by atoms with Crippen LogP contribution in [0.1, 0.15) is 138 Å². The van der Waals surface area contributed by atoms with Gasteiger partial charge < -0.3 is 14.6 Å². The molecule has 0 saturated carbocycles. The number of nitrogens with zero attached hydrogens (tertiary/aromatic N) is 1. The number of unbranched alkanes of at least 4 members (excludes halogenated alkanes) is 1.